The van der Waals surface area contributed by atoms with Crippen molar-refractivity contribution >= 4 is 6.09 Å². The molecule has 1 aliphatic heterocycles. The summed E-state index contributed by atoms with van der Waals surface area (Å²) in [4.78, 5) is 12.9. The molecule has 1 N–H and O–H groups in total. The molecule has 174 valence electrons. The second-order valence-electron chi connectivity index (χ2n) is 7.75. The third-order valence-corrected chi connectivity index (χ3v) is 5.67. The highest BCUT2D eigenvalue weighted by Gasteiger charge is 2.61. The van der Waals surface area contributed by atoms with E-state index < -0.39 is 36.5 Å². The molecule has 1 aliphatic carbocycles. The van der Waals surface area contributed by atoms with Gasteiger partial charge in [0.2, 0.25) is 6.10 Å². The van der Waals surface area contributed by atoms with Gasteiger partial charge in [0.05, 0.1) is 11.4 Å². The average Bonchev–Trinajstić information content (AvgIpc) is 3.07. The summed E-state index contributed by atoms with van der Waals surface area (Å²) in [6.45, 7) is -0.0193. The van der Waals surface area contributed by atoms with Gasteiger partial charge >= 0.3 is 18.4 Å². The number of aliphatic hydroxyl groups excluding tert-OH is 1. The van der Waals surface area contributed by atoms with Crippen molar-refractivity contribution in [2.75, 3.05) is 13.1 Å². The van der Waals surface area contributed by atoms with Gasteiger partial charge in [-0.2, -0.15) is 31.4 Å². The number of alkyl halides is 6. The molecule has 4 rings (SSSR count). The molecule has 5 atom stereocenters. The number of fused-ring (bicyclic) bond motifs is 1. The predicted molar refractivity (Wildman–Crippen MR) is 93.2 cm³/mol. The standard InChI is InChI=1S/C19H16F7N3O3/c20-9-1-3-10(4-2-9)29-6-5-13(27-29)14-11-7-28(8-12(11)14)17(31)32-16(19(24,25)26)15(30)18(21,22)23/h1-6,11-12,14-16,30H,7-8H2/t11-,12+,14+,15-,16+/m1/s1. The van der Waals surface area contributed by atoms with Crippen molar-refractivity contribution in [1.82, 2.24) is 14.7 Å². The van der Waals surface area contributed by atoms with Crippen molar-refractivity contribution < 1.29 is 45.4 Å². The summed E-state index contributed by atoms with van der Waals surface area (Å²) in [5.41, 5.74) is 1.30. The molecule has 1 saturated carbocycles. The summed E-state index contributed by atoms with van der Waals surface area (Å²) >= 11 is 0. The number of halogens is 7. The quantitative estimate of drug-likeness (QED) is 0.698. The van der Waals surface area contributed by atoms with Crippen LogP contribution in [0.15, 0.2) is 36.5 Å². The fourth-order valence-electron chi connectivity index (χ4n) is 4.03. The number of aliphatic hydroxyl groups is 1. The van der Waals surface area contributed by atoms with Gasteiger partial charge in [-0.05, 0) is 42.2 Å². The summed E-state index contributed by atoms with van der Waals surface area (Å²) in [7, 11) is 0. The van der Waals surface area contributed by atoms with Gasteiger partial charge in [0.1, 0.15) is 5.82 Å². The number of piperidine rings is 1. The summed E-state index contributed by atoms with van der Waals surface area (Å²) in [6, 6.07) is 7.34. The number of ether oxygens (including phenoxy) is 1. The molecule has 1 amide bonds. The van der Waals surface area contributed by atoms with Crippen LogP contribution in [0.5, 0.6) is 0 Å². The lowest BCUT2D eigenvalue weighted by atomic mass is 10.2. The zero-order valence-electron chi connectivity index (χ0n) is 16.0. The molecule has 2 aromatic rings. The molecule has 1 aromatic carbocycles. The molecule has 32 heavy (non-hydrogen) atoms. The third kappa shape index (κ3) is 4.25. The van der Waals surface area contributed by atoms with E-state index in [9.17, 15) is 35.5 Å². The minimum atomic E-state index is -5.61. The van der Waals surface area contributed by atoms with E-state index in [-0.39, 0.29) is 30.8 Å². The molecular formula is C19H16F7N3O3. The summed E-state index contributed by atoms with van der Waals surface area (Å²) in [6.07, 6.45) is -18.7. The van der Waals surface area contributed by atoms with Gasteiger partial charge in [0.15, 0.2) is 6.10 Å². The zero-order chi connectivity index (χ0) is 23.4. The monoisotopic (exact) mass is 467 g/mol. The van der Waals surface area contributed by atoms with E-state index in [4.69, 9.17) is 5.11 Å². The van der Waals surface area contributed by atoms with Crippen molar-refractivity contribution in [3.63, 3.8) is 0 Å². The van der Waals surface area contributed by atoms with Crippen LogP contribution in [0.2, 0.25) is 0 Å². The number of hydrogen-bond acceptors (Lipinski definition) is 4. The molecule has 2 fully saturated rings. The van der Waals surface area contributed by atoms with Crippen LogP contribution < -0.4 is 0 Å². The lowest BCUT2D eigenvalue weighted by Crippen LogP contribution is -2.52. The van der Waals surface area contributed by atoms with Crippen molar-refractivity contribution in [3.05, 3.63) is 48.0 Å². The van der Waals surface area contributed by atoms with Gasteiger partial charge in [-0.25, -0.2) is 13.9 Å². The maximum absolute atomic E-state index is 13.0. The average molecular weight is 467 g/mol. The van der Waals surface area contributed by atoms with Crippen LogP contribution in [0.3, 0.4) is 0 Å². The number of nitrogens with zero attached hydrogens (tertiary/aromatic N) is 3. The molecule has 1 aromatic heterocycles. The van der Waals surface area contributed by atoms with E-state index >= 15 is 0 Å². The van der Waals surface area contributed by atoms with Gasteiger partial charge < -0.3 is 14.7 Å². The molecular weight excluding hydrogens is 451 g/mol. The van der Waals surface area contributed by atoms with Gasteiger partial charge in [0, 0.05) is 25.2 Å². The molecule has 2 aliphatic rings. The maximum atomic E-state index is 13.0. The number of aromatic nitrogens is 2. The highest BCUT2D eigenvalue weighted by molar-refractivity contribution is 5.69. The van der Waals surface area contributed by atoms with Gasteiger partial charge in [-0.3, -0.25) is 0 Å². The fraction of sp³-hybridized carbons (Fsp3) is 0.474. The van der Waals surface area contributed by atoms with E-state index in [1.807, 2.05) is 0 Å². The van der Waals surface area contributed by atoms with Crippen LogP contribution >= 0.6 is 0 Å². The number of carbonyl (C=O) groups is 1. The lowest BCUT2D eigenvalue weighted by Gasteiger charge is -2.29. The topological polar surface area (TPSA) is 67.6 Å². The van der Waals surface area contributed by atoms with Crippen molar-refractivity contribution in [3.8, 4) is 5.69 Å². The minimum Gasteiger partial charge on any atom is -0.433 e. The highest BCUT2D eigenvalue weighted by atomic mass is 19.4. The van der Waals surface area contributed by atoms with Crippen LogP contribution in [0.4, 0.5) is 35.5 Å². The first-order valence-electron chi connectivity index (χ1n) is 9.45. The van der Waals surface area contributed by atoms with Crippen LogP contribution in [0.25, 0.3) is 5.69 Å². The van der Waals surface area contributed by atoms with Crippen LogP contribution in [-0.2, 0) is 4.74 Å². The normalized spacial score (nSPS) is 24.8. The van der Waals surface area contributed by atoms with Crippen LogP contribution in [0.1, 0.15) is 11.6 Å². The number of rotatable bonds is 4. The largest absolute Gasteiger partial charge is 0.433 e. The fourth-order valence-corrected chi connectivity index (χ4v) is 4.03. The predicted octanol–water partition coefficient (Wildman–Crippen LogP) is 3.65. The Bertz CT molecular complexity index is 977. The smallest absolute Gasteiger partial charge is 0.428 e. The van der Waals surface area contributed by atoms with Crippen molar-refractivity contribution in [2.45, 2.75) is 30.5 Å². The molecule has 2 heterocycles. The Morgan fingerprint density at radius 1 is 1.03 bits per heavy atom. The third-order valence-electron chi connectivity index (χ3n) is 5.67. The first kappa shape index (κ1) is 22.4. The summed E-state index contributed by atoms with van der Waals surface area (Å²) < 4.78 is 94.9. The maximum Gasteiger partial charge on any atom is 0.428 e. The molecule has 0 unspecified atom stereocenters. The lowest BCUT2D eigenvalue weighted by molar-refractivity contribution is -0.293. The Labute approximate surface area is 176 Å². The second-order valence-corrected chi connectivity index (χ2v) is 7.75. The minimum absolute atomic E-state index is 0.00966. The van der Waals surface area contributed by atoms with E-state index in [1.165, 1.54) is 28.9 Å². The first-order chi connectivity index (χ1) is 14.9. The number of carbonyl (C=O) groups excluding carboxylic acids is 1. The van der Waals surface area contributed by atoms with E-state index in [0.717, 1.165) is 4.90 Å². The molecule has 0 radical (unpaired) electrons. The molecule has 6 nitrogen and oxygen atoms in total. The number of likely N-dealkylation sites (tertiary alicyclic amines) is 1. The molecule has 1 saturated heterocycles. The highest BCUT2D eigenvalue weighted by Crippen LogP contribution is 2.57. The summed E-state index contributed by atoms with van der Waals surface area (Å²) in [5, 5.41) is 13.4. The Morgan fingerprint density at radius 2 is 1.62 bits per heavy atom. The van der Waals surface area contributed by atoms with Gasteiger partial charge in [-0.1, -0.05) is 0 Å². The Kier molecular flexibility index (Phi) is 5.34. The van der Waals surface area contributed by atoms with Gasteiger partial charge in [-0.15, -0.1) is 0 Å². The Morgan fingerprint density at radius 3 is 2.16 bits per heavy atom. The molecule has 0 bridgehead atoms. The van der Waals surface area contributed by atoms with Crippen LogP contribution in [-0.4, -0.2) is 63.5 Å². The zero-order valence-corrected chi connectivity index (χ0v) is 16.0. The van der Waals surface area contributed by atoms with E-state index in [0.29, 0.717) is 11.4 Å². The first-order valence-corrected chi connectivity index (χ1v) is 9.45. The van der Waals surface area contributed by atoms with Gasteiger partial charge in [0.25, 0.3) is 0 Å². The van der Waals surface area contributed by atoms with E-state index in [2.05, 4.69) is 9.84 Å². The Hall–Kier alpha value is -2.83. The van der Waals surface area contributed by atoms with E-state index in [1.54, 1.807) is 12.3 Å². The molecule has 13 heteroatoms. The van der Waals surface area contributed by atoms with Crippen molar-refractivity contribution in [1.29, 1.82) is 0 Å². The Balaban J connectivity index is 1.37. The number of benzene rings is 1. The van der Waals surface area contributed by atoms with Crippen molar-refractivity contribution in [2.24, 2.45) is 11.8 Å². The number of amides is 1. The second kappa shape index (κ2) is 7.64. The SMILES string of the molecule is O=C(O[C@@H]([C@@H](O)C(F)(F)F)C(F)(F)F)N1C[C@@H]2[C@H](C1)[C@H]2c1ccn(-c2ccc(F)cc2)n1. The summed E-state index contributed by atoms with van der Waals surface area (Å²) in [5.74, 6) is -0.729. The molecule has 0 spiro atoms. The number of hydrogen-bond donors (Lipinski definition) is 1. The van der Waals surface area contributed by atoms with Crippen LogP contribution in [0, 0.1) is 17.7 Å².